The Hall–Kier alpha value is -2.50. The summed E-state index contributed by atoms with van der Waals surface area (Å²) in [5.41, 5.74) is 5.79. The molecule has 104 valence electrons. The number of nitrogens with zero attached hydrogens (tertiary/aromatic N) is 1. The number of halogens is 2. The molecule has 0 spiro atoms. The molecule has 0 saturated heterocycles. The second-order valence-electron chi connectivity index (χ2n) is 4.00. The summed E-state index contributed by atoms with van der Waals surface area (Å²) < 4.78 is 32.0. The SMILES string of the molecule is CCc1nccc(Oc2cccc(F)c2F)c1C(N)=O. The lowest BCUT2D eigenvalue weighted by Crippen LogP contribution is -2.16. The highest BCUT2D eigenvalue weighted by Gasteiger charge is 2.18. The fourth-order valence-corrected chi connectivity index (χ4v) is 1.78. The van der Waals surface area contributed by atoms with Crippen LogP contribution in [0, 0.1) is 11.6 Å². The number of pyridine rings is 1. The normalized spacial score (nSPS) is 10.3. The molecule has 0 bridgehead atoms. The van der Waals surface area contributed by atoms with E-state index in [0.717, 1.165) is 6.07 Å². The highest BCUT2D eigenvalue weighted by Crippen LogP contribution is 2.29. The highest BCUT2D eigenvalue weighted by molar-refractivity contribution is 5.96. The average Bonchev–Trinajstić information content (AvgIpc) is 2.43. The molecule has 1 amide bonds. The van der Waals surface area contributed by atoms with Gasteiger partial charge in [0.15, 0.2) is 11.6 Å². The number of amides is 1. The number of carbonyl (C=O) groups excluding carboxylic acids is 1. The summed E-state index contributed by atoms with van der Waals surface area (Å²) in [6.07, 6.45) is 1.87. The first-order valence-corrected chi connectivity index (χ1v) is 5.94. The van der Waals surface area contributed by atoms with Gasteiger partial charge in [0, 0.05) is 6.20 Å². The number of rotatable bonds is 4. The topological polar surface area (TPSA) is 65.2 Å². The summed E-state index contributed by atoms with van der Waals surface area (Å²) in [6.45, 7) is 1.79. The Balaban J connectivity index is 2.48. The molecule has 1 aromatic carbocycles. The van der Waals surface area contributed by atoms with Crippen molar-refractivity contribution in [2.45, 2.75) is 13.3 Å². The van der Waals surface area contributed by atoms with E-state index in [1.54, 1.807) is 6.92 Å². The van der Waals surface area contributed by atoms with Crippen LogP contribution in [0.4, 0.5) is 8.78 Å². The van der Waals surface area contributed by atoms with Gasteiger partial charge in [-0.15, -0.1) is 0 Å². The Morgan fingerprint density at radius 1 is 1.30 bits per heavy atom. The first-order chi connectivity index (χ1) is 9.54. The van der Waals surface area contributed by atoms with Gasteiger partial charge in [-0.3, -0.25) is 9.78 Å². The van der Waals surface area contributed by atoms with Gasteiger partial charge < -0.3 is 10.5 Å². The third-order valence-corrected chi connectivity index (χ3v) is 2.71. The molecule has 0 unspecified atom stereocenters. The second kappa shape index (κ2) is 5.64. The molecule has 0 radical (unpaired) electrons. The summed E-state index contributed by atoms with van der Waals surface area (Å²) in [4.78, 5) is 15.5. The van der Waals surface area contributed by atoms with Crippen LogP contribution in [0.5, 0.6) is 11.5 Å². The Bertz CT molecular complexity index is 660. The van der Waals surface area contributed by atoms with Crippen LogP contribution >= 0.6 is 0 Å². The predicted octanol–water partition coefficient (Wildman–Crippen LogP) is 2.81. The van der Waals surface area contributed by atoms with E-state index in [1.165, 1.54) is 24.4 Å². The maximum atomic E-state index is 13.6. The molecule has 2 rings (SSSR count). The maximum Gasteiger partial charge on any atom is 0.254 e. The maximum absolute atomic E-state index is 13.6. The van der Waals surface area contributed by atoms with E-state index in [9.17, 15) is 13.6 Å². The summed E-state index contributed by atoms with van der Waals surface area (Å²) >= 11 is 0. The zero-order chi connectivity index (χ0) is 14.7. The molecule has 0 aliphatic heterocycles. The van der Waals surface area contributed by atoms with E-state index < -0.39 is 17.5 Å². The van der Waals surface area contributed by atoms with Crippen molar-refractivity contribution >= 4 is 5.91 Å². The number of aryl methyl sites for hydroxylation is 1. The third-order valence-electron chi connectivity index (χ3n) is 2.71. The zero-order valence-electron chi connectivity index (χ0n) is 10.7. The minimum absolute atomic E-state index is 0.0499. The Morgan fingerprint density at radius 2 is 2.05 bits per heavy atom. The van der Waals surface area contributed by atoms with Gasteiger partial charge in [0.25, 0.3) is 5.91 Å². The van der Waals surface area contributed by atoms with Gasteiger partial charge in [-0.25, -0.2) is 4.39 Å². The van der Waals surface area contributed by atoms with Crippen molar-refractivity contribution in [2.75, 3.05) is 0 Å². The molecule has 0 saturated carbocycles. The van der Waals surface area contributed by atoms with Gasteiger partial charge in [0.1, 0.15) is 11.3 Å². The van der Waals surface area contributed by atoms with Gasteiger partial charge in [-0.05, 0) is 24.6 Å². The molecule has 1 heterocycles. The molecule has 2 aromatic rings. The summed E-state index contributed by atoms with van der Waals surface area (Å²) in [5, 5.41) is 0. The standard InChI is InChI=1S/C14H12F2N2O2/c1-2-9-12(14(17)19)10(6-7-18-9)20-11-5-3-4-8(15)13(11)16/h3-7H,2H2,1H3,(H2,17,19). The monoisotopic (exact) mass is 278 g/mol. The number of primary amides is 1. The number of nitrogens with two attached hydrogens (primary N) is 1. The highest BCUT2D eigenvalue weighted by atomic mass is 19.2. The van der Waals surface area contributed by atoms with E-state index in [-0.39, 0.29) is 17.1 Å². The number of ether oxygens (including phenoxy) is 1. The number of carbonyl (C=O) groups is 1. The second-order valence-corrected chi connectivity index (χ2v) is 4.00. The van der Waals surface area contributed by atoms with E-state index in [0.29, 0.717) is 12.1 Å². The van der Waals surface area contributed by atoms with E-state index >= 15 is 0 Å². The molecule has 0 fully saturated rings. The van der Waals surface area contributed by atoms with E-state index in [1.807, 2.05) is 0 Å². The summed E-state index contributed by atoms with van der Waals surface area (Å²) in [7, 11) is 0. The quantitative estimate of drug-likeness (QED) is 0.935. The zero-order valence-corrected chi connectivity index (χ0v) is 10.7. The Morgan fingerprint density at radius 3 is 2.70 bits per heavy atom. The van der Waals surface area contributed by atoms with Crippen molar-refractivity contribution in [1.82, 2.24) is 4.98 Å². The van der Waals surface area contributed by atoms with Crippen molar-refractivity contribution in [3.05, 3.63) is 53.4 Å². The van der Waals surface area contributed by atoms with Crippen molar-refractivity contribution in [2.24, 2.45) is 5.73 Å². The molecule has 1 aromatic heterocycles. The van der Waals surface area contributed by atoms with Crippen LogP contribution < -0.4 is 10.5 Å². The van der Waals surface area contributed by atoms with Crippen molar-refractivity contribution in [3.63, 3.8) is 0 Å². The minimum Gasteiger partial charge on any atom is -0.453 e. The molecule has 20 heavy (non-hydrogen) atoms. The van der Waals surface area contributed by atoms with Crippen LogP contribution in [0.15, 0.2) is 30.5 Å². The fraction of sp³-hybridized carbons (Fsp3) is 0.143. The molecule has 0 aliphatic rings. The molecular weight excluding hydrogens is 266 g/mol. The minimum atomic E-state index is -1.13. The summed E-state index contributed by atoms with van der Waals surface area (Å²) in [5.74, 6) is -3.16. The smallest absolute Gasteiger partial charge is 0.254 e. The van der Waals surface area contributed by atoms with Gasteiger partial charge in [-0.1, -0.05) is 13.0 Å². The van der Waals surface area contributed by atoms with Crippen molar-refractivity contribution in [3.8, 4) is 11.5 Å². The van der Waals surface area contributed by atoms with Gasteiger partial charge >= 0.3 is 0 Å². The van der Waals surface area contributed by atoms with Crippen LogP contribution in [0.1, 0.15) is 23.0 Å². The molecule has 2 N–H and O–H groups in total. The van der Waals surface area contributed by atoms with Crippen LogP contribution in [-0.4, -0.2) is 10.9 Å². The third kappa shape index (κ3) is 2.59. The van der Waals surface area contributed by atoms with Crippen molar-refractivity contribution in [1.29, 1.82) is 0 Å². The Kier molecular flexibility index (Phi) is 3.93. The lowest BCUT2D eigenvalue weighted by molar-refractivity contribution is 0.0996. The van der Waals surface area contributed by atoms with Crippen LogP contribution in [-0.2, 0) is 6.42 Å². The first-order valence-electron chi connectivity index (χ1n) is 5.94. The van der Waals surface area contributed by atoms with Gasteiger partial charge in [-0.2, -0.15) is 4.39 Å². The lowest BCUT2D eigenvalue weighted by Gasteiger charge is -2.12. The Labute approximate surface area is 114 Å². The van der Waals surface area contributed by atoms with E-state index in [2.05, 4.69) is 4.98 Å². The van der Waals surface area contributed by atoms with Crippen LogP contribution in [0.25, 0.3) is 0 Å². The first kappa shape index (κ1) is 13.9. The molecule has 6 heteroatoms. The molecule has 0 aliphatic carbocycles. The predicted molar refractivity (Wildman–Crippen MR) is 68.6 cm³/mol. The lowest BCUT2D eigenvalue weighted by atomic mass is 10.1. The van der Waals surface area contributed by atoms with Gasteiger partial charge in [0.05, 0.1) is 5.69 Å². The number of hydrogen-bond donors (Lipinski definition) is 1. The van der Waals surface area contributed by atoms with Crippen LogP contribution in [0.2, 0.25) is 0 Å². The van der Waals surface area contributed by atoms with Crippen LogP contribution in [0.3, 0.4) is 0 Å². The number of hydrogen-bond acceptors (Lipinski definition) is 3. The average molecular weight is 278 g/mol. The van der Waals surface area contributed by atoms with Gasteiger partial charge in [0.2, 0.25) is 5.82 Å². The summed E-state index contributed by atoms with van der Waals surface area (Å²) in [6, 6.07) is 4.92. The van der Waals surface area contributed by atoms with E-state index in [4.69, 9.17) is 10.5 Å². The number of benzene rings is 1. The molecule has 4 nitrogen and oxygen atoms in total. The largest absolute Gasteiger partial charge is 0.453 e. The molecule has 0 atom stereocenters. The molecular formula is C14H12F2N2O2. The fourth-order valence-electron chi connectivity index (χ4n) is 1.78. The van der Waals surface area contributed by atoms with Crippen molar-refractivity contribution < 1.29 is 18.3 Å². The number of aromatic nitrogens is 1.